The summed E-state index contributed by atoms with van der Waals surface area (Å²) in [5, 5.41) is 10.2. The van der Waals surface area contributed by atoms with Crippen LogP contribution < -0.4 is 15.9 Å². The Bertz CT molecular complexity index is 1390. The van der Waals surface area contributed by atoms with E-state index in [1.54, 1.807) is 28.2 Å². The number of rotatable bonds is 1. The number of nitrogens with zero attached hydrogens (tertiary/aromatic N) is 2. The predicted molar refractivity (Wildman–Crippen MR) is 117 cm³/mol. The number of H-pyrrole nitrogens is 1. The summed E-state index contributed by atoms with van der Waals surface area (Å²) < 4.78 is 8.56. The fourth-order valence-corrected chi connectivity index (χ4v) is 5.16. The minimum absolute atomic E-state index is 0.0269. The van der Waals surface area contributed by atoms with Gasteiger partial charge in [-0.2, -0.15) is 0 Å². The van der Waals surface area contributed by atoms with E-state index in [0.29, 0.717) is 39.9 Å². The molecule has 30 heavy (non-hydrogen) atoms. The third-order valence-electron chi connectivity index (χ3n) is 5.57. The van der Waals surface area contributed by atoms with Gasteiger partial charge in [-0.15, -0.1) is 0 Å². The Hall–Kier alpha value is -2.97. The molecule has 2 N–H and O–H groups in total. The Labute approximate surface area is 175 Å². The molecule has 0 spiro atoms. The van der Waals surface area contributed by atoms with E-state index in [1.807, 2.05) is 13.0 Å². The molecule has 1 aliphatic heterocycles. The van der Waals surface area contributed by atoms with Gasteiger partial charge in [0, 0.05) is 11.6 Å². The maximum absolute atomic E-state index is 13.0. The molecule has 4 bridgehead atoms. The number of hydrogen-bond donors (Lipinski definition) is 2. The minimum atomic E-state index is -0.344. The van der Waals surface area contributed by atoms with E-state index in [0.717, 1.165) is 24.0 Å². The zero-order valence-electron chi connectivity index (χ0n) is 16.5. The van der Waals surface area contributed by atoms with Crippen LogP contribution in [0.5, 0.6) is 5.75 Å². The van der Waals surface area contributed by atoms with Gasteiger partial charge in [0.15, 0.2) is 0 Å². The van der Waals surface area contributed by atoms with Crippen molar-refractivity contribution in [3.05, 3.63) is 56.6 Å². The van der Waals surface area contributed by atoms with Crippen molar-refractivity contribution in [1.29, 1.82) is 0 Å². The number of aromatic nitrogens is 3. The van der Waals surface area contributed by atoms with Crippen molar-refractivity contribution < 1.29 is 9.84 Å². The molecule has 3 heterocycles. The first-order valence-corrected chi connectivity index (χ1v) is 10.8. The third kappa shape index (κ3) is 3.03. The third-order valence-corrected chi connectivity index (χ3v) is 6.91. The molecule has 154 valence electrons. The number of aliphatic hydroxyl groups excluding tert-OH is 1. The highest BCUT2D eigenvalue weighted by atomic mass is 32.1. The molecule has 0 amide bonds. The quantitative estimate of drug-likeness (QED) is 0.488. The standard InChI is InChI=1S/C22H21N3O4S/c1-12-5-2-3-8-29-17-10-13(11-26)9-16-19(17)24-18(21(27)23-16)14-6-4-7-15-20(14)30-25(12)22(15)28/h4,6-7,9-10,12,26H,2-3,5,8,11H2,1H3,(H,23,27). The van der Waals surface area contributed by atoms with Crippen LogP contribution in [0.2, 0.25) is 0 Å². The largest absolute Gasteiger partial charge is 0.491 e. The van der Waals surface area contributed by atoms with Crippen LogP contribution >= 0.6 is 11.5 Å². The summed E-state index contributed by atoms with van der Waals surface area (Å²) in [5.41, 5.74) is 2.23. The Kier molecular flexibility index (Phi) is 4.67. The fourth-order valence-electron chi connectivity index (χ4n) is 3.98. The summed E-state index contributed by atoms with van der Waals surface area (Å²) in [4.78, 5) is 33.5. The van der Waals surface area contributed by atoms with Crippen molar-refractivity contribution in [2.45, 2.75) is 38.8 Å². The van der Waals surface area contributed by atoms with E-state index in [1.165, 1.54) is 11.5 Å². The average Bonchev–Trinajstić information content (AvgIpc) is 3.09. The first-order valence-electron chi connectivity index (χ1n) is 10.0. The molecule has 1 aliphatic rings. The second-order valence-electron chi connectivity index (χ2n) is 7.66. The number of ether oxygens (including phenoxy) is 1. The number of fused-ring (bicyclic) bond motifs is 3. The van der Waals surface area contributed by atoms with Crippen LogP contribution in [0.1, 0.15) is 37.8 Å². The zero-order valence-corrected chi connectivity index (χ0v) is 17.3. The summed E-state index contributed by atoms with van der Waals surface area (Å²) >= 11 is 1.39. The lowest BCUT2D eigenvalue weighted by Crippen LogP contribution is -2.17. The lowest BCUT2D eigenvalue weighted by Gasteiger charge is -2.14. The van der Waals surface area contributed by atoms with Gasteiger partial charge in [0.1, 0.15) is 17.0 Å². The molecule has 4 aromatic rings. The molecule has 7 nitrogen and oxygen atoms in total. The van der Waals surface area contributed by atoms with Gasteiger partial charge in [0.2, 0.25) is 0 Å². The van der Waals surface area contributed by atoms with Crippen molar-refractivity contribution in [3.63, 3.8) is 0 Å². The number of nitrogens with one attached hydrogen (secondary N) is 1. The van der Waals surface area contributed by atoms with Crippen LogP contribution in [0, 0.1) is 0 Å². The summed E-state index contributed by atoms with van der Waals surface area (Å²) in [6.07, 6.45) is 2.61. The molecular formula is C22H21N3O4S. The Morgan fingerprint density at radius 1 is 1.30 bits per heavy atom. The molecule has 2 aromatic heterocycles. The van der Waals surface area contributed by atoms with Gasteiger partial charge in [-0.25, -0.2) is 4.98 Å². The monoisotopic (exact) mass is 423 g/mol. The fraction of sp³-hybridized carbons (Fsp3) is 0.318. The van der Waals surface area contributed by atoms with Crippen molar-refractivity contribution >= 4 is 32.7 Å². The minimum Gasteiger partial charge on any atom is -0.491 e. The van der Waals surface area contributed by atoms with Gasteiger partial charge >= 0.3 is 0 Å². The van der Waals surface area contributed by atoms with E-state index in [9.17, 15) is 14.7 Å². The highest BCUT2D eigenvalue weighted by Gasteiger charge is 2.20. The van der Waals surface area contributed by atoms with Crippen LogP contribution in [0.25, 0.3) is 32.4 Å². The predicted octanol–water partition coefficient (Wildman–Crippen LogP) is 3.58. The lowest BCUT2D eigenvalue weighted by atomic mass is 10.1. The number of aliphatic hydroxyl groups is 1. The van der Waals surface area contributed by atoms with E-state index in [2.05, 4.69) is 9.97 Å². The average molecular weight is 423 g/mol. The first-order chi connectivity index (χ1) is 14.6. The first kappa shape index (κ1) is 19.0. The maximum atomic E-state index is 13.0. The second-order valence-corrected chi connectivity index (χ2v) is 8.64. The second kappa shape index (κ2) is 7.37. The molecule has 0 saturated heterocycles. The van der Waals surface area contributed by atoms with Gasteiger partial charge in [-0.3, -0.25) is 13.5 Å². The number of benzene rings is 2. The molecule has 0 fully saturated rings. The van der Waals surface area contributed by atoms with Crippen LogP contribution in [-0.4, -0.2) is 25.6 Å². The Balaban J connectivity index is 1.85. The molecular weight excluding hydrogens is 402 g/mol. The summed E-state index contributed by atoms with van der Waals surface area (Å²) in [6, 6.07) is 8.95. The Morgan fingerprint density at radius 2 is 2.17 bits per heavy atom. The van der Waals surface area contributed by atoms with E-state index >= 15 is 0 Å². The van der Waals surface area contributed by atoms with Gasteiger partial charge < -0.3 is 14.8 Å². The smallest absolute Gasteiger partial charge is 0.275 e. The van der Waals surface area contributed by atoms with Crippen LogP contribution in [0.4, 0.5) is 0 Å². The van der Waals surface area contributed by atoms with Crippen LogP contribution in [0.15, 0.2) is 39.9 Å². The molecule has 5 rings (SSSR count). The van der Waals surface area contributed by atoms with E-state index in [4.69, 9.17) is 4.74 Å². The van der Waals surface area contributed by atoms with Gasteiger partial charge in [0.05, 0.1) is 28.8 Å². The van der Waals surface area contributed by atoms with Crippen LogP contribution in [0.3, 0.4) is 0 Å². The number of hydrogen-bond acceptors (Lipinski definition) is 6. The SMILES string of the molecule is CC1CCCCOc2cc(CO)cc3[nH]c(=O)c(nc23)-c2cccc3c(=O)n1sc23. The van der Waals surface area contributed by atoms with Gasteiger partial charge in [-0.05, 0) is 49.9 Å². The lowest BCUT2D eigenvalue weighted by molar-refractivity contribution is 0.278. The van der Waals surface area contributed by atoms with Crippen molar-refractivity contribution in [2.75, 3.05) is 6.61 Å². The van der Waals surface area contributed by atoms with E-state index < -0.39 is 0 Å². The molecule has 0 radical (unpaired) electrons. The van der Waals surface area contributed by atoms with Crippen molar-refractivity contribution in [1.82, 2.24) is 13.9 Å². The van der Waals surface area contributed by atoms with Crippen molar-refractivity contribution in [3.8, 4) is 17.0 Å². The van der Waals surface area contributed by atoms with Gasteiger partial charge in [0.25, 0.3) is 11.1 Å². The zero-order chi connectivity index (χ0) is 20.8. The molecule has 1 unspecified atom stereocenters. The molecule has 8 heteroatoms. The molecule has 2 aromatic carbocycles. The summed E-state index contributed by atoms with van der Waals surface area (Å²) in [5.74, 6) is 0.539. The Morgan fingerprint density at radius 3 is 3.00 bits per heavy atom. The summed E-state index contributed by atoms with van der Waals surface area (Å²) in [7, 11) is 0. The number of aromatic amines is 1. The normalized spacial score (nSPS) is 16.8. The topological polar surface area (TPSA) is 97.2 Å². The van der Waals surface area contributed by atoms with E-state index in [-0.39, 0.29) is 29.5 Å². The highest BCUT2D eigenvalue weighted by Crippen LogP contribution is 2.32. The maximum Gasteiger partial charge on any atom is 0.275 e. The van der Waals surface area contributed by atoms with Crippen molar-refractivity contribution in [2.24, 2.45) is 0 Å². The summed E-state index contributed by atoms with van der Waals surface area (Å²) in [6.45, 7) is 2.38. The molecule has 1 atom stereocenters. The van der Waals surface area contributed by atoms with Crippen LogP contribution in [-0.2, 0) is 6.61 Å². The highest BCUT2D eigenvalue weighted by molar-refractivity contribution is 7.14. The molecule has 0 aliphatic carbocycles. The molecule has 0 saturated carbocycles. The van der Waals surface area contributed by atoms with Gasteiger partial charge in [-0.1, -0.05) is 23.7 Å².